The fourth-order valence-corrected chi connectivity index (χ4v) is 2.21. The maximum Gasteiger partial charge on any atom is 0.451 e. The lowest BCUT2D eigenvalue weighted by molar-refractivity contribution is -0.144. The van der Waals surface area contributed by atoms with Crippen LogP contribution in [-0.2, 0) is 11.0 Å². The van der Waals surface area contributed by atoms with Gasteiger partial charge in [0.25, 0.3) is 0 Å². The van der Waals surface area contributed by atoms with E-state index in [4.69, 9.17) is 0 Å². The molecule has 0 aliphatic rings. The highest BCUT2D eigenvalue weighted by Gasteiger charge is 2.36. The highest BCUT2D eigenvalue weighted by atomic mass is 19.4. The normalized spacial score (nSPS) is 14.7. The van der Waals surface area contributed by atoms with Crippen LogP contribution in [0, 0.1) is 12.8 Å². The smallest absolute Gasteiger partial charge is 0.451 e. The van der Waals surface area contributed by atoms with Crippen molar-refractivity contribution in [2.24, 2.45) is 5.92 Å². The number of fused-ring (bicyclic) bond motifs is 1. The molecular weight excluding hydrogens is 313 g/mol. The number of aromatic amines is 1. The van der Waals surface area contributed by atoms with Crippen LogP contribution in [0.15, 0.2) is 6.07 Å². The molecule has 23 heavy (non-hydrogen) atoms. The second-order valence-corrected chi connectivity index (χ2v) is 5.45. The summed E-state index contributed by atoms with van der Waals surface area (Å²) in [5, 5.41) is 12.3. The van der Waals surface area contributed by atoms with E-state index in [0.717, 1.165) is 0 Å². The van der Waals surface area contributed by atoms with Crippen LogP contribution in [0.25, 0.3) is 11.0 Å². The van der Waals surface area contributed by atoms with E-state index in [0.29, 0.717) is 17.5 Å². The highest BCUT2D eigenvalue weighted by molar-refractivity contribution is 5.90. The van der Waals surface area contributed by atoms with Gasteiger partial charge in [-0.25, -0.2) is 14.8 Å². The molecular formula is C14H17F3N4O2. The van der Waals surface area contributed by atoms with E-state index in [-0.39, 0.29) is 17.4 Å². The van der Waals surface area contributed by atoms with Crippen LogP contribution in [0.2, 0.25) is 0 Å². The summed E-state index contributed by atoms with van der Waals surface area (Å²) in [6.45, 7) is 5.18. The molecule has 2 aromatic heterocycles. The third kappa shape index (κ3) is 3.54. The van der Waals surface area contributed by atoms with Gasteiger partial charge >= 0.3 is 12.1 Å². The number of alkyl halides is 3. The van der Waals surface area contributed by atoms with Gasteiger partial charge in [0.1, 0.15) is 17.5 Å². The molecule has 0 aromatic carbocycles. The van der Waals surface area contributed by atoms with Crippen molar-refractivity contribution in [2.45, 2.75) is 39.4 Å². The van der Waals surface area contributed by atoms with Crippen molar-refractivity contribution < 1.29 is 23.1 Å². The number of nitrogens with zero attached hydrogens (tertiary/aromatic N) is 2. The van der Waals surface area contributed by atoms with Crippen LogP contribution in [0.3, 0.4) is 0 Å². The van der Waals surface area contributed by atoms with Crippen LogP contribution in [0.5, 0.6) is 0 Å². The van der Waals surface area contributed by atoms with Gasteiger partial charge in [0, 0.05) is 5.69 Å². The first-order valence-corrected chi connectivity index (χ1v) is 7.07. The van der Waals surface area contributed by atoms with Gasteiger partial charge in [-0.2, -0.15) is 13.2 Å². The van der Waals surface area contributed by atoms with Crippen molar-refractivity contribution in [2.75, 3.05) is 5.32 Å². The van der Waals surface area contributed by atoms with Crippen LogP contribution < -0.4 is 5.32 Å². The summed E-state index contributed by atoms with van der Waals surface area (Å²) in [4.78, 5) is 21.1. The highest BCUT2D eigenvalue weighted by Crippen LogP contribution is 2.31. The van der Waals surface area contributed by atoms with E-state index < -0.39 is 24.0 Å². The number of rotatable bonds is 5. The maximum absolute atomic E-state index is 12.9. The Hall–Kier alpha value is -2.32. The molecule has 0 spiro atoms. The van der Waals surface area contributed by atoms with E-state index in [1.54, 1.807) is 26.8 Å². The summed E-state index contributed by atoms with van der Waals surface area (Å²) in [6.07, 6.45) is -4.17. The van der Waals surface area contributed by atoms with E-state index in [2.05, 4.69) is 20.3 Å². The Morgan fingerprint density at radius 3 is 2.61 bits per heavy atom. The summed E-state index contributed by atoms with van der Waals surface area (Å²) in [7, 11) is 0. The van der Waals surface area contributed by atoms with Gasteiger partial charge in [0.15, 0.2) is 0 Å². The molecule has 0 saturated carbocycles. The molecule has 2 aromatic rings. The minimum Gasteiger partial charge on any atom is -0.480 e. The van der Waals surface area contributed by atoms with Crippen LogP contribution >= 0.6 is 0 Å². The molecule has 0 radical (unpaired) electrons. The molecule has 0 aliphatic heterocycles. The Morgan fingerprint density at radius 2 is 2.09 bits per heavy atom. The summed E-state index contributed by atoms with van der Waals surface area (Å²) in [6, 6.07) is 0.530. The molecule has 9 heteroatoms. The van der Waals surface area contributed by atoms with Gasteiger partial charge < -0.3 is 15.4 Å². The van der Waals surface area contributed by atoms with Crippen LogP contribution in [0.4, 0.5) is 19.0 Å². The van der Waals surface area contributed by atoms with Gasteiger partial charge in [0.05, 0.1) is 5.39 Å². The number of hydrogen-bond donors (Lipinski definition) is 3. The fraction of sp³-hybridized carbons (Fsp3) is 0.500. The topological polar surface area (TPSA) is 90.9 Å². The Kier molecular flexibility index (Phi) is 4.49. The van der Waals surface area contributed by atoms with Crippen molar-refractivity contribution in [3.63, 3.8) is 0 Å². The number of carboxylic acid groups (broad SMARTS) is 1. The quantitative estimate of drug-likeness (QED) is 0.783. The van der Waals surface area contributed by atoms with Gasteiger partial charge in [0.2, 0.25) is 5.82 Å². The molecule has 0 amide bonds. The van der Waals surface area contributed by atoms with E-state index >= 15 is 0 Å². The average molecular weight is 330 g/mol. The van der Waals surface area contributed by atoms with Crippen molar-refractivity contribution in [1.29, 1.82) is 0 Å². The van der Waals surface area contributed by atoms with Crippen molar-refractivity contribution in [3.05, 3.63) is 17.6 Å². The zero-order chi connectivity index (χ0) is 17.4. The molecule has 0 bridgehead atoms. The van der Waals surface area contributed by atoms with E-state index in [1.807, 2.05) is 0 Å². The Bertz CT molecular complexity index is 727. The summed E-state index contributed by atoms with van der Waals surface area (Å²) in [5.74, 6) is -2.89. The molecule has 2 heterocycles. The molecule has 0 fully saturated rings. The fourth-order valence-electron chi connectivity index (χ4n) is 2.21. The summed E-state index contributed by atoms with van der Waals surface area (Å²) in [5.41, 5.74) is 0.618. The molecule has 2 rings (SSSR count). The van der Waals surface area contributed by atoms with Crippen LogP contribution in [-0.4, -0.2) is 32.1 Å². The number of carbonyl (C=O) groups is 1. The number of anilines is 1. The maximum atomic E-state index is 12.9. The zero-order valence-corrected chi connectivity index (χ0v) is 12.8. The molecule has 0 saturated heterocycles. The lowest BCUT2D eigenvalue weighted by Crippen LogP contribution is -2.36. The first-order chi connectivity index (χ1) is 10.6. The SMILES string of the molecule is CCC(C)C(Nc1nc(C(F)(F)F)nc2[nH]c(C)cc12)C(=O)O. The lowest BCUT2D eigenvalue weighted by Gasteiger charge is -2.21. The summed E-state index contributed by atoms with van der Waals surface area (Å²) >= 11 is 0. The number of H-pyrrole nitrogens is 1. The third-order valence-electron chi connectivity index (χ3n) is 3.65. The van der Waals surface area contributed by atoms with Crippen molar-refractivity contribution in [3.8, 4) is 0 Å². The Balaban J connectivity index is 2.55. The van der Waals surface area contributed by atoms with Gasteiger partial charge in [-0.3, -0.25) is 0 Å². The monoisotopic (exact) mass is 330 g/mol. The van der Waals surface area contributed by atoms with Crippen LogP contribution in [0.1, 0.15) is 31.8 Å². The van der Waals surface area contributed by atoms with E-state index in [1.165, 1.54) is 0 Å². The van der Waals surface area contributed by atoms with Crippen molar-refractivity contribution in [1.82, 2.24) is 15.0 Å². The van der Waals surface area contributed by atoms with Gasteiger partial charge in [-0.15, -0.1) is 0 Å². The summed E-state index contributed by atoms with van der Waals surface area (Å²) < 4.78 is 38.8. The zero-order valence-electron chi connectivity index (χ0n) is 12.8. The Morgan fingerprint density at radius 1 is 1.43 bits per heavy atom. The number of aryl methyl sites for hydroxylation is 1. The number of halogens is 3. The predicted molar refractivity (Wildman–Crippen MR) is 78.1 cm³/mol. The molecule has 3 N–H and O–H groups in total. The minimum absolute atomic E-state index is 0.0145. The molecule has 2 atom stereocenters. The number of carboxylic acids is 1. The van der Waals surface area contributed by atoms with Crippen molar-refractivity contribution >= 4 is 22.8 Å². The standard InChI is InChI=1S/C14H17F3N4O2/c1-4-6(2)9(12(22)23)19-11-8-5-7(3)18-10(8)20-13(21-11)14(15,16)17/h5-6,9H,4H2,1-3H3,(H,22,23)(H2,18,19,20,21). The van der Waals surface area contributed by atoms with E-state index in [9.17, 15) is 23.1 Å². The Labute approximate surface area is 130 Å². The van der Waals surface area contributed by atoms with Gasteiger partial charge in [-0.1, -0.05) is 20.3 Å². The number of aliphatic carboxylic acids is 1. The molecule has 0 aliphatic carbocycles. The largest absolute Gasteiger partial charge is 0.480 e. The molecule has 2 unspecified atom stereocenters. The predicted octanol–water partition coefficient (Wildman–Crippen LogP) is 3.20. The number of aromatic nitrogens is 3. The minimum atomic E-state index is -4.72. The molecule has 126 valence electrons. The molecule has 6 nitrogen and oxygen atoms in total. The average Bonchev–Trinajstić information content (AvgIpc) is 2.82. The van der Waals surface area contributed by atoms with Gasteiger partial charge in [-0.05, 0) is 18.9 Å². The number of hydrogen-bond acceptors (Lipinski definition) is 4. The first kappa shape index (κ1) is 17.0. The second-order valence-electron chi connectivity index (χ2n) is 5.45. The first-order valence-electron chi connectivity index (χ1n) is 7.07. The third-order valence-corrected chi connectivity index (χ3v) is 3.65. The lowest BCUT2D eigenvalue weighted by atomic mass is 9.99. The second kappa shape index (κ2) is 6.05. The number of nitrogens with one attached hydrogen (secondary N) is 2.